The first kappa shape index (κ1) is 15.0. The lowest BCUT2D eigenvalue weighted by Gasteiger charge is -2.06. The molecule has 2 aromatic carbocycles. The molecule has 1 heterocycles. The van der Waals surface area contributed by atoms with Crippen LogP contribution in [0.4, 0.5) is 5.82 Å². The molecule has 116 valence electrons. The molecule has 3 aromatic rings. The van der Waals surface area contributed by atoms with E-state index in [1.165, 1.54) is 11.1 Å². The summed E-state index contributed by atoms with van der Waals surface area (Å²) in [5.74, 6) is 0.412. The first-order valence-electron chi connectivity index (χ1n) is 7.58. The van der Waals surface area contributed by atoms with E-state index in [0.717, 1.165) is 5.56 Å². The molecule has 1 amide bonds. The molecule has 0 aliphatic carbocycles. The molecule has 23 heavy (non-hydrogen) atoms. The van der Waals surface area contributed by atoms with Gasteiger partial charge in [0, 0.05) is 17.8 Å². The van der Waals surface area contributed by atoms with Crippen LogP contribution in [0.15, 0.2) is 60.8 Å². The number of benzene rings is 2. The highest BCUT2D eigenvalue weighted by molar-refractivity contribution is 6.03. The number of amides is 1. The minimum Gasteiger partial charge on any atom is -0.305 e. The summed E-state index contributed by atoms with van der Waals surface area (Å²) in [7, 11) is 0. The zero-order chi connectivity index (χ0) is 16.2. The fraction of sp³-hybridized carbons (Fsp3) is 0.158. The number of nitrogens with zero attached hydrogens (tertiary/aromatic N) is 2. The fourth-order valence-corrected chi connectivity index (χ4v) is 2.37. The Labute approximate surface area is 135 Å². The Morgan fingerprint density at radius 1 is 1.04 bits per heavy atom. The Balaban J connectivity index is 1.68. The van der Waals surface area contributed by atoms with Gasteiger partial charge in [0.25, 0.3) is 5.91 Å². The van der Waals surface area contributed by atoms with Crippen LogP contribution in [-0.2, 0) is 6.54 Å². The molecular weight excluding hydrogens is 286 g/mol. The van der Waals surface area contributed by atoms with Gasteiger partial charge in [0.2, 0.25) is 0 Å². The fourth-order valence-electron chi connectivity index (χ4n) is 2.37. The van der Waals surface area contributed by atoms with Crippen LogP contribution >= 0.6 is 0 Å². The van der Waals surface area contributed by atoms with Crippen molar-refractivity contribution in [2.45, 2.75) is 20.4 Å². The van der Waals surface area contributed by atoms with Crippen molar-refractivity contribution in [1.29, 1.82) is 0 Å². The number of nitrogens with one attached hydrogen (secondary N) is 1. The van der Waals surface area contributed by atoms with Gasteiger partial charge in [0.15, 0.2) is 5.82 Å². The van der Waals surface area contributed by atoms with E-state index in [9.17, 15) is 4.79 Å². The van der Waals surface area contributed by atoms with E-state index in [0.29, 0.717) is 17.9 Å². The maximum Gasteiger partial charge on any atom is 0.256 e. The summed E-state index contributed by atoms with van der Waals surface area (Å²) in [5, 5.41) is 7.24. The Kier molecular flexibility index (Phi) is 4.24. The van der Waals surface area contributed by atoms with Gasteiger partial charge in [-0.2, -0.15) is 5.10 Å². The Morgan fingerprint density at radius 3 is 2.52 bits per heavy atom. The van der Waals surface area contributed by atoms with Crippen LogP contribution in [0.3, 0.4) is 0 Å². The molecule has 0 aliphatic rings. The van der Waals surface area contributed by atoms with E-state index in [1.54, 1.807) is 0 Å². The molecule has 4 heteroatoms. The van der Waals surface area contributed by atoms with Gasteiger partial charge in [0.1, 0.15) is 0 Å². The van der Waals surface area contributed by atoms with Crippen LogP contribution in [0.1, 0.15) is 27.0 Å². The average Bonchev–Trinajstić information content (AvgIpc) is 2.97. The normalized spacial score (nSPS) is 10.5. The summed E-state index contributed by atoms with van der Waals surface area (Å²) in [6.45, 7) is 4.76. The van der Waals surface area contributed by atoms with Crippen molar-refractivity contribution < 1.29 is 4.79 Å². The topological polar surface area (TPSA) is 46.9 Å². The lowest BCUT2D eigenvalue weighted by Crippen LogP contribution is -2.12. The number of carbonyl (C=O) groups excluding carboxylic acids is 1. The highest BCUT2D eigenvalue weighted by Gasteiger charge is 2.08. The third-order valence-corrected chi connectivity index (χ3v) is 3.79. The number of rotatable bonds is 4. The minimum atomic E-state index is -0.147. The Hall–Kier alpha value is -2.88. The van der Waals surface area contributed by atoms with E-state index in [2.05, 4.69) is 29.5 Å². The zero-order valence-corrected chi connectivity index (χ0v) is 13.3. The van der Waals surface area contributed by atoms with Crippen molar-refractivity contribution >= 4 is 11.7 Å². The Morgan fingerprint density at radius 2 is 1.78 bits per heavy atom. The Bertz CT molecular complexity index is 819. The summed E-state index contributed by atoms with van der Waals surface area (Å²) in [4.78, 5) is 12.2. The summed E-state index contributed by atoms with van der Waals surface area (Å²) in [6, 6.07) is 17.5. The van der Waals surface area contributed by atoms with Gasteiger partial charge in [0.05, 0.1) is 6.54 Å². The molecule has 3 rings (SSSR count). The van der Waals surface area contributed by atoms with Crippen LogP contribution in [0.2, 0.25) is 0 Å². The van der Waals surface area contributed by atoms with Crippen LogP contribution < -0.4 is 5.32 Å². The van der Waals surface area contributed by atoms with Crippen molar-refractivity contribution in [1.82, 2.24) is 9.78 Å². The number of anilines is 1. The first-order valence-corrected chi connectivity index (χ1v) is 7.58. The molecule has 0 saturated heterocycles. The molecule has 1 aromatic heterocycles. The van der Waals surface area contributed by atoms with E-state index in [-0.39, 0.29) is 5.91 Å². The molecule has 4 nitrogen and oxygen atoms in total. The van der Waals surface area contributed by atoms with Gasteiger partial charge >= 0.3 is 0 Å². The van der Waals surface area contributed by atoms with Crippen molar-refractivity contribution in [2.75, 3.05) is 5.32 Å². The number of carbonyl (C=O) groups is 1. The lowest BCUT2D eigenvalue weighted by atomic mass is 10.1. The second-order valence-corrected chi connectivity index (χ2v) is 5.65. The van der Waals surface area contributed by atoms with Crippen LogP contribution in [0.5, 0.6) is 0 Å². The quantitative estimate of drug-likeness (QED) is 0.797. The maximum absolute atomic E-state index is 12.2. The molecule has 0 saturated carbocycles. The van der Waals surface area contributed by atoms with E-state index in [1.807, 2.05) is 60.3 Å². The molecule has 0 aliphatic heterocycles. The van der Waals surface area contributed by atoms with Gasteiger partial charge in [-0.25, -0.2) is 0 Å². The van der Waals surface area contributed by atoms with Crippen molar-refractivity contribution in [3.8, 4) is 0 Å². The molecule has 0 spiro atoms. The van der Waals surface area contributed by atoms with Gasteiger partial charge in [-0.05, 0) is 37.1 Å². The third-order valence-electron chi connectivity index (χ3n) is 3.79. The number of aromatic nitrogens is 2. The van der Waals surface area contributed by atoms with E-state index >= 15 is 0 Å². The number of hydrogen-bond donors (Lipinski definition) is 1. The molecule has 0 unspecified atom stereocenters. The highest BCUT2D eigenvalue weighted by Crippen LogP contribution is 2.12. The number of aryl methyl sites for hydroxylation is 2. The number of hydrogen-bond acceptors (Lipinski definition) is 2. The standard InChI is InChI=1S/C19H19N3O/c1-14-7-9-16(10-8-14)19(23)20-18-11-12-22(21-18)13-17-6-4-3-5-15(17)2/h3-12H,13H2,1-2H3,(H,20,21,23). The van der Waals surface area contributed by atoms with Crippen molar-refractivity contribution in [3.63, 3.8) is 0 Å². The summed E-state index contributed by atoms with van der Waals surface area (Å²) >= 11 is 0. The lowest BCUT2D eigenvalue weighted by molar-refractivity contribution is 0.102. The summed E-state index contributed by atoms with van der Waals surface area (Å²) in [5.41, 5.74) is 4.20. The molecule has 1 N–H and O–H groups in total. The SMILES string of the molecule is Cc1ccc(C(=O)Nc2ccn(Cc3ccccc3C)n2)cc1. The predicted molar refractivity (Wildman–Crippen MR) is 91.6 cm³/mol. The molecule has 0 bridgehead atoms. The van der Waals surface area contributed by atoms with Gasteiger partial charge < -0.3 is 5.32 Å². The summed E-state index contributed by atoms with van der Waals surface area (Å²) in [6.07, 6.45) is 1.87. The molecule has 0 atom stereocenters. The average molecular weight is 305 g/mol. The van der Waals surface area contributed by atoms with Gasteiger partial charge in [-0.15, -0.1) is 0 Å². The molecule has 0 radical (unpaired) electrons. The maximum atomic E-state index is 12.2. The largest absolute Gasteiger partial charge is 0.305 e. The highest BCUT2D eigenvalue weighted by atomic mass is 16.1. The zero-order valence-electron chi connectivity index (χ0n) is 13.3. The van der Waals surface area contributed by atoms with Gasteiger partial charge in [-0.1, -0.05) is 42.0 Å². The van der Waals surface area contributed by atoms with Crippen molar-refractivity contribution in [3.05, 3.63) is 83.0 Å². The van der Waals surface area contributed by atoms with Crippen LogP contribution in [0, 0.1) is 13.8 Å². The van der Waals surface area contributed by atoms with Crippen LogP contribution in [0.25, 0.3) is 0 Å². The van der Waals surface area contributed by atoms with Gasteiger partial charge in [-0.3, -0.25) is 9.48 Å². The smallest absolute Gasteiger partial charge is 0.256 e. The van der Waals surface area contributed by atoms with Crippen molar-refractivity contribution in [2.24, 2.45) is 0 Å². The predicted octanol–water partition coefficient (Wildman–Crippen LogP) is 3.80. The second kappa shape index (κ2) is 6.48. The second-order valence-electron chi connectivity index (χ2n) is 5.65. The minimum absolute atomic E-state index is 0.147. The third kappa shape index (κ3) is 3.66. The van der Waals surface area contributed by atoms with Crippen LogP contribution in [-0.4, -0.2) is 15.7 Å². The summed E-state index contributed by atoms with van der Waals surface area (Å²) < 4.78 is 1.83. The van der Waals surface area contributed by atoms with E-state index in [4.69, 9.17) is 0 Å². The molecule has 0 fully saturated rings. The molecular formula is C19H19N3O. The monoisotopic (exact) mass is 305 g/mol. The first-order chi connectivity index (χ1) is 11.1. The van der Waals surface area contributed by atoms with E-state index < -0.39 is 0 Å².